The number of rotatable bonds is 4. The lowest BCUT2D eigenvalue weighted by molar-refractivity contribution is 0.729. The quantitative estimate of drug-likeness (QED) is 0.515. The van der Waals surface area contributed by atoms with E-state index < -0.39 is 0 Å². The lowest BCUT2D eigenvalue weighted by atomic mass is 10.2. The van der Waals surface area contributed by atoms with Gasteiger partial charge in [-0.05, 0) is 12.8 Å². The van der Waals surface area contributed by atoms with Crippen LogP contribution in [0, 0.1) is 0 Å². The molecule has 0 heterocycles. The number of allylic oxidation sites excluding steroid dienone is 1. The molecule has 0 saturated heterocycles. The van der Waals surface area contributed by atoms with Crippen molar-refractivity contribution in [2.75, 3.05) is 0 Å². The molecule has 0 spiro atoms. The molecule has 48 valence electrons. The molecule has 1 heteroatoms. The standard InChI is InChI=1S/C7H13Cl/c1-2-3-4-5-6-7-8/h6-7H,2-5H2,1H3/b7-6-. The zero-order chi connectivity index (χ0) is 6.24. The van der Waals surface area contributed by atoms with Crippen molar-refractivity contribution in [1.82, 2.24) is 0 Å². The summed E-state index contributed by atoms with van der Waals surface area (Å²) >= 11 is 5.30. The van der Waals surface area contributed by atoms with Crippen LogP contribution < -0.4 is 0 Å². The highest BCUT2D eigenvalue weighted by Crippen LogP contribution is 1.99. The second kappa shape index (κ2) is 7.03. The molecule has 0 fully saturated rings. The van der Waals surface area contributed by atoms with Crippen molar-refractivity contribution >= 4 is 11.6 Å². The summed E-state index contributed by atoms with van der Waals surface area (Å²) in [7, 11) is 0. The summed E-state index contributed by atoms with van der Waals surface area (Å²) < 4.78 is 0. The van der Waals surface area contributed by atoms with Gasteiger partial charge in [0.1, 0.15) is 0 Å². The Hall–Kier alpha value is 0.0300. The predicted molar refractivity (Wildman–Crippen MR) is 39.1 cm³/mol. The summed E-state index contributed by atoms with van der Waals surface area (Å²) in [5.74, 6) is 0. The maximum atomic E-state index is 5.30. The van der Waals surface area contributed by atoms with Gasteiger partial charge in [0.15, 0.2) is 0 Å². The van der Waals surface area contributed by atoms with Crippen LogP contribution in [0.15, 0.2) is 11.6 Å². The van der Waals surface area contributed by atoms with Crippen LogP contribution in [-0.2, 0) is 0 Å². The Morgan fingerprint density at radius 2 is 2.12 bits per heavy atom. The minimum Gasteiger partial charge on any atom is -0.0933 e. The van der Waals surface area contributed by atoms with Crippen molar-refractivity contribution in [1.29, 1.82) is 0 Å². The minimum absolute atomic E-state index is 1.14. The van der Waals surface area contributed by atoms with Crippen molar-refractivity contribution in [3.63, 3.8) is 0 Å². The maximum absolute atomic E-state index is 5.30. The number of unbranched alkanes of at least 4 members (excludes halogenated alkanes) is 3. The number of halogens is 1. The fraction of sp³-hybridized carbons (Fsp3) is 0.714. The molecule has 0 radical (unpaired) electrons. The third kappa shape index (κ3) is 6.03. The predicted octanol–water partition coefficient (Wildman–Crippen LogP) is 3.32. The van der Waals surface area contributed by atoms with E-state index in [4.69, 9.17) is 11.6 Å². The first-order valence-electron chi connectivity index (χ1n) is 3.17. The second-order valence-electron chi connectivity index (χ2n) is 1.86. The number of hydrogen-bond acceptors (Lipinski definition) is 0. The molecule has 0 amide bonds. The Kier molecular flexibility index (Phi) is 7.06. The molecule has 0 N–H and O–H groups in total. The van der Waals surface area contributed by atoms with E-state index in [1.807, 2.05) is 6.08 Å². The maximum Gasteiger partial charge on any atom is 0.000245 e. The van der Waals surface area contributed by atoms with Crippen LogP contribution in [0.3, 0.4) is 0 Å². The van der Waals surface area contributed by atoms with E-state index in [1.54, 1.807) is 5.54 Å². The summed E-state index contributed by atoms with van der Waals surface area (Å²) in [5.41, 5.74) is 1.59. The van der Waals surface area contributed by atoms with Gasteiger partial charge in [-0.15, -0.1) is 0 Å². The Labute approximate surface area is 56.5 Å². The van der Waals surface area contributed by atoms with Crippen molar-refractivity contribution < 1.29 is 0 Å². The smallest absolute Gasteiger partial charge is 0.000245 e. The van der Waals surface area contributed by atoms with E-state index in [0.29, 0.717) is 0 Å². The minimum atomic E-state index is 1.14. The average molecular weight is 133 g/mol. The van der Waals surface area contributed by atoms with Gasteiger partial charge in [0, 0.05) is 5.54 Å². The van der Waals surface area contributed by atoms with Crippen molar-refractivity contribution in [3.05, 3.63) is 11.6 Å². The molecule has 0 rings (SSSR count). The molecule has 0 aliphatic heterocycles. The van der Waals surface area contributed by atoms with Crippen LogP contribution in [0.1, 0.15) is 32.6 Å². The van der Waals surface area contributed by atoms with E-state index in [-0.39, 0.29) is 0 Å². The van der Waals surface area contributed by atoms with Crippen LogP contribution in [-0.4, -0.2) is 0 Å². The van der Waals surface area contributed by atoms with E-state index in [9.17, 15) is 0 Å². The molecule has 0 atom stereocenters. The van der Waals surface area contributed by atoms with E-state index >= 15 is 0 Å². The molecule has 0 aromatic carbocycles. The summed E-state index contributed by atoms with van der Waals surface area (Å²) in [6.07, 6.45) is 7.02. The van der Waals surface area contributed by atoms with Crippen LogP contribution in [0.25, 0.3) is 0 Å². The molecule has 0 bridgehead atoms. The Balaban J connectivity index is 2.72. The van der Waals surface area contributed by atoms with Crippen LogP contribution >= 0.6 is 11.6 Å². The van der Waals surface area contributed by atoms with Gasteiger partial charge in [-0.1, -0.05) is 37.4 Å². The molecule has 8 heavy (non-hydrogen) atoms. The molecular formula is C7H13Cl. The summed E-state index contributed by atoms with van der Waals surface area (Å²) in [5, 5.41) is 0. The lowest BCUT2D eigenvalue weighted by Gasteiger charge is -1.88. The average Bonchev–Trinajstić information content (AvgIpc) is 1.81. The normalized spacial score (nSPS) is 10.8. The van der Waals surface area contributed by atoms with Crippen molar-refractivity contribution in [2.24, 2.45) is 0 Å². The summed E-state index contributed by atoms with van der Waals surface area (Å²) in [6, 6.07) is 0. The van der Waals surface area contributed by atoms with Gasteiger partial charge in [-0.3, -0.25) is 0 Å². The molecule has 0 aliphatic rings. The SMILES string of the molecule is CCCCC/C=C\Cl. The van der Waals surface area contributed by atoms with Crippen molar-refractivity contribution in [2.45, 2.75) is 32.6 Å². The van der Waals surface area contributed by atoms with E-state index in [2.05, 4.69) is 6.92 Å². The first-order valence-corrected chi connectivity index (χ1v) is 3.60. The summed E-state index contributed by atoms with van der Waals surface area (Å²) in [6.45, 7) is 2.20. The van der Waals surface area contributed by atoms with Gasteiger partial charge in [-0.2, -0.15) is 0 Å². The van der Waals surface area contributed by atoms with Gasteiger partial charge in [-0.25, -0.2) is 0 Å². The van der Waals surface area contributed by atoms with Gasteiger partial charge in [0.25, 0.3) is 0 Å². The second-order valence-corrected chi connectivity index (χ2v) is 2.11. The lowest BCUT2D eigenvalue weighted by Crippen LogP contribution is -1.68. The molecular weight excluding hydrogens is 120 g/mol. The van der Waals surface area contributed by atoms with Gasteiger partial charge < -0.3 is 0 Å². The first-order chi connectivity index (χ1) is 3.91. The Bertz CT molecular complexity index is 57.4. The highest BCUT2D eigenvalue weighted by molar-refractivity contribution is 6.25. The third-order valence-corrected chi connectivity index (χ3v) is 1.24. The van der Waals surface area contributed by atoms with E-state index in [1.165, 1.54) is 19.3 Å². The monoisotopic (exact) mass is 132 g/mol. The molecule has 0 aromatic rings. The number of hydrogen-bond donors (Lipinski definition) is 0. The molecule has 0 nitrogen and oxygen atoms in total. The van der Waals surface area contributed by atoms with Crippen LogP contribution in [0.4, 0.5) is 0 Å². The first kappa shape index (κ1) is 8.03. The van der Waals surface area contributed by atoms with Gasteiger partial charge >= 0.3 is 0 Å². The fourth-order valence-corrected chi connectivity index (χ4v) is 0.701. The highest BCUT2D eigenvalue weighted by atomic mass is 35.5. The van der Waals surface area contributed by atoms with Gasteiger partial charge in [0.2, 0.25) is 0 Å². The molecule has 0 aliphatic carbocycles. The van der Waals surface area contributed by atoms with Crippen molar-refractivity contribution in [3.8, 4) is 0 Å². The Morgan fingerprint density at radius 3 is 2.62 bits per heavy atom. The largest absolute Gasteiger partial charge is 0.0933 e. The summed E-state index contributed by atoms with van der Waals surface area (Å²) in [4.78, 5) is 0. The van der Waals surface area contributed by atoms with Crippen LogP contribution in [0.5, 0.6) is 0 Å². The highest BCUT2D eigenvalue weighted by Gasteiger charge is 1.78. The zero-order valence-electron chi connectivity index (χ0n) is 5.36. The zero-order valence-corrected chi connectivity index (χ0v) is 6.12. The van der Waals surface area contributed by atoms with Crippen LogP contribution in [0.2, 0.25) is 0 Å². The molecule has 0 saturated carbocycles. The van der Waals surface area contributed by atoms with E-state index in [0.717, 1.165) is 6.42 Å². The molecule has 0 aromatic heterocycles. The fourth-order valence-electron chi connectivity index (χ4n) is 0.575. The molecule has 0 unspecified atom stereocenters. The topological polar surface area (TPSA) is 0 Å². The third-order valence-electron chi connectivity index (χ3n) is 1.06. The van der Waals surface area contributed by atoms with Gasteiger partial charge in [0.05, 0.1) is 0 Å². The Morgan fingerprint density at radius 1 is 1.38 bits per heavy atom.